The Bertz CT molecular complexity index is 879. The van der Waals surface area contributed by atoms with Gasteiger partial charge in [-0.2, -0.15) is 14.4 Å². The van der Waals surface area contributed by atoms with Crippen LogP contribution in [-0.2, 0) is 14.3 Å². The van der Waals surface area contributed by atoms with Crippen LogP contribution in [0.2, 0.25) is 0 Å². The molecule has 1 aliphatic rings. The summed E-state index contributed by atoms with van der Waals surface area (Å²) >= 11 is 0. The van der Waals surface area contributed by atoms with Gasteiger partial charge in [0.2, 0.25) is 0 Å². The third-order valence-electron chi connectivity index (χ3n) is 4.19. The molecule has 0 spiro atoms. The van der Waals surface area contributed by atoms with Gasteiger partial charge in [0, 0.05) is 12.8 Å². The molecule has 9 nitrogen and oxygen atoms in total. The van der Waals surface area contributed by atoms with Crippen LogP contribution in [0.1, 0.15) is 32.4 Å². The molecule has 3 N–H and O–H groups in total. The van der Waals surface area contributed by atoms with E-state index in [1.807, 2.05) is 6.92 Å². The number of aliphatic hydroxyl groups excluding tert-OH is 1. The van der Waals surface area contributed by atoms with E-state index in [4.69, 9.17) is 21.6 Å². The standard InChI is InChI=1S/C16H18FN5O4/c1-3-5-11(24)25-7-16(4-2)9(23)6-10(26-16)22-8-19-12-13(18)20-15(17)21-14(12)22/h2,8-10,23H,3,5-7H2,1H3,(H2,18,20,21)/t9-,10+,16+/m0/s1. The van der Waals surface area contributed by atoms with E-state index in [0.717, 1.165) is 0 Å². The first kappa shape index (κ1) is 18.0. The molecule has 0 unspecified atom stereocenters. The molecule has 0 amide bonds. The predicted molar refractivity (Wildman–Crippen MR) is 87.9 cm³/mol. The van der Waals surface area contributed by atoms with Crippen LogP contribution in [0.5, 0.6) is 0 Å². The van der Waals surface area contributed by atoms with Crippen molar-refractivity contribution < 1.29 is 23.8 Å². The maximum atomic E-state index is 13.5. The molecule has 0 aliphatic carbocycles. The first-order valence-electron chi connectivity index (χ1n) is 8.05. The van der Waals surface area contributed by atoms with E-state index in [9.17, 15) is 14.3 Å². The van der Waals surface area contributed by atoms with Gasteiger partial charge in [-0.05, 0) is 6.42 Å². The molecule has 0 aromatic carbocycles. The summed E-state index contributed by atoms with van der Waals surface area (Å²) in [5, 5.41) is 10.4. The minimum Gasteiger partial charge on any atom is -0.461 e. The van der Waals surface area contributed by atoms with Crippen molar-refractivity contribution in [2.24, 2.45) is 0 Å². The number of rotatable bonds is 5. The van der Waals surface area contributed by atoms with E-state index in [0.29, 0.717) is 6.42 Å². The Balaban J connectivity index is 1.86. The van der Waals surface area contributed by atoms with Gasteiger partial charge < -0.3 is 20.3 Å². The van der Waals surface area contributed by atoms with E-state index in [2.05, 4.69) is 20.9 Å². The molecule has 1 fully saturated rings. The fraction of sp³-hybridized carbons (Fsp3) is 0.500. The molecular weight excluding hydrogens is 345 g/mol. The number of imidazole rings is 1. The highest BCUT2D eigenvalue weighted by molar-refractivity contribution is 5.81. The van der Waals surface area contributed by atoms with Gasteiger partial charge in [-0.3, -0.25) is 9.36 Å². The van der Waals surface area contributed by atoms with Crippen molar-refractivity contribution in [3.63, 3.8) is 0 Å². The van der Waals surface area contributed by atoms with Gasteiger partial charge in [-0.1, -0.05) is 12.8 Å². The maximum absolute atomic E-state index is 13.5. The fourth-order valence-corrected chi connectivity index (χ4v) is 2.81. The molecular formula is C16H18FN5O4. The van der Waals surface area contributed by atoms with E-state index >= 15 is 0 Å². The summed E-state index contributed by atoms with van der Waals surface area (Å²) in [4.78, 5) is 22.8. The van der Waals surface area contributed by atoms with Crippen molar-refractivity contribution in [1.82, 2.24) is 19.5 Å². The SMILES string of the molecule is C#C[C@]1(COC(=O)CCC)O[C@@H](n2cnc3c(N)nc(F)nc32)C[C@@H]1O. The minimum atomic E-state index is -1.51. The highest BCUT2D eigenvalue weighted by Crippen LogP contribution is 2.38. The summed E-state index contributed by atoms with van der Waals surface area (Å²) in [6, 6.07) is 0. The number of esters is 1. The molecule has 0 bridgehead atoms. The van der Waals surface area contributed by atoms with Crippen LogP contribution in [0.15, 0.2) is 6.33 Å². The molecule has 1 saturated heterocycles. The maximum Gasteiger partial charge on any atom is 0.312 e. The van der Waals surface area contributed by atoms with Crippen molar-refractivity contribution in [2.45, 2.75) is 44.1 Å². The summed E-state index contributed by atoms with van der Waals surface area (Å²) in [6.45, 7) is 1.55. The van der Waals surface area contributed by atoms with Crippen molar-refractivity contribution in [2.75, 3.05) is 12.3 Å². The van der Waals surface area contributed by atoms with Gasteiger partial charge >= 0.3 is 12.0 Å². The summed E-state index contributed by atoms with van der Waals surface area (Å²) < 4.78 is 25.8. The second kappa shape index (κ2) is 6.86. The molecule has 2 aromatic rings. The molecule has 10 heteroatoms. The van der Waals surface area contributed by atoms with Crippen molar-refractivity contribution >= 4 is 23.0 Å². The average Bonchev–Trinajstić information content (AvgIpc) is 3.15. The number of carbonyl (C=O) groups is 1. The Kier molecular flexibility index (Phi) is 4.76. The zero-order valence-corrected chi connectivity index (χ0v) is 14.1. The van der Waals surface area contributed by atoms with Crippen LogP contribution >= 0.6 is 0 Å². The molecule has 2 aromatic heterocycles. The number of hydrogen-bond acceptors (Lipinski definition) is 8. The zero-order valence-electron chi connectivity index (χ0n) is 14.1. The fourth-order valence-electron chi connectivity index (χ4n) is 2.81. The van der Waals surface area contributed by atoms with Gasteiger partial charge in [0.15, 0.2) is 22.6 Å². The van der Waals surface area contributed by atoms with E-state index < -0.39 is 30.0 Å². The number of nitrogens with two attached hydrogens (primary N) is 1. The number of carbonyl (C=O) groups excluding carboxylic acids is 1. The van der Waals surface area contributed by atoms with Gasteiger partial charge in [0.25, 0.3) is 0 Å². The lowest BCUT2D eigenvalue weighted by atomic mass is 9.99. The number of hydrogen-bond donors (Lipinski definition) is 2. The van der Waals surface area contributed by atoms with Gasteiger partial charge in [-0.25, -0.2) is 4.98 Å². The second-order valence-electron chi connectivity index (χ2n) is 5.97. The molecule has 138 valence electrons. The number of terminal acetylenes is 1. The lowest BCUT2D eigenvalue weighted by Crippen LogP contribution is -2.43. The highest BCUT2D eigenvalue weighted by Gasteiger charge is 2.49. The Morgan fingerprint density at radius 2 is 2.42 bits per heavy atom. The number of nitrogen functional groups attached to an aromatic ring is 1. The van der Waals surface area contributed by atoms with Crippen LogP contribution in [0.4, 0.5) is 10.2 Å². The molecule has 1 aliphatic heterocycles. The number of aliphatic hydroxyl groups is 1. The Morgan fingerprint density at radius 1 is 1.65 bits per heavy atom. The molecule has 0 saturated carbocycles. The Labute approximate surface area is 148 Å². The molecule has 26 heavy (non-hydrogen) atoms. The first-order valence-corrected chi connectivity index (χ1v) is 8.05. The lowest BCUT2D eigenvalue weighted by Gasteiger charge is -2.26. The predicted octanol–water partition coefficient (Wildman–Crippen LogP) is 0.543. The molecule has 3 rings (SSSR count). The minimum absolute atomic E-state index is 0.0759. The number of anilines is 1. The second-order valence-corrected chi connectivity index (χ2v) is 5.97. The van der Waals surface area contributed by atoms with Crippen molar-refractivity contribution in [3.05, 3.63) is 12.4 Å². The van der Waals surface area contributed by atoms with Crippen LogP contribution < -0.4 is 5.73 Å². The summed E-state index contributed by atoms with van der Waals surface area (Å²) in [5.41, 5.74) is 4.45. The number of ether oxygens (including phenoxy) is 2. The quantitative estimate of drug-likeness (QED) is 0.448. The smallest absolute Gasteiger partial charge is 0.312 e. The normalized spacial score (nSPS) is 25.3. The topological polar surface area (TPSA) is 125 Å². The first-order chi connectivity index (χ1) is 12.4. The summed E-state index contributed by atoms with van der Waals surface area (Å²) in [7, 11) is 0. The zero-order chi connectivity index (χ0) is 18.9. The number of fused-ring (bicyclic) bond motifs is 1. The Hall–Kier alpha value is -2.77. The van der Waals surface area contributed by atoms with Gasteiger partial charge in [0.1, 0.15) is 18.9 Å². The van der Waals surface area contributed by atoms with E-state index in [1.165, 1.54) is 10.9 Å². The summed E-state index contributed by atoms with van der Waals surface area (Å²) in [6.07, 6.45) is 4.93. The lowest BCUT2D eigenvalue weighted by molar-refractivity contribution is -0.156. The van der Waals surface area contributed by atoms with Gasteiger partial charge in [0.05, 0.1) is 6.33 Å². The van der Waals surface area contributed by atoms with E-state index in [-0.39, 0.29) is 36.4 Å². The van der Waals surface area contributed by atoms with Gasteiger partial charge in [-0.15, -0.1) is 6.42 Å². The largest absolute Gasteiger partial charge is 0.461 e. The van der Waals surface area contributed by atoms with Crippen molar-refractivity contribution in [3.8, 4) is 12.3 Å². The monoisotopic (exact) mass is 363 g/mol. The number of aromatic nitrogens is 4. The van der Waals surface area contributed by atoms with Crippen LogP contribution in [0.3, 0.4) is 0 Å². The van der Waals surface area contributed by atoms with Crippen LogP contribution in [0, 0.1) is 18.4 Å². The van der Waals surface area contributed by atoms with Crippen molar-refractivity contribution in [1.29, 1.82) is 0 Å². The van der Waals surface area contributed by atoms with E-state index in [1.54, 1.807) is 0 Å². The summed E-state index contributed by atoms with van der Waals surface area (Å²) in [5.74, 6) is 1.83. The average molecular weight is 363 g/mol. The highest BCUT2D eigenvalue weighted by atomic mass is 19.1. The number of nitrogens with zero attached hydrogens (tertiary/aromatic N) is 4. The molecule has 3 atom stereocenters. The molecule has 0 radical (unpaired) electrons. The number of halogens is 1. The van der Waals surface area contributed by atoms with Crippen LogP contribution in [0.25, 0.3) is 11.2 Å². The third kappa shape index (κ3) is 3.07. The Morgan fingerprint density at radius 3 is 3.12 bits per heavy atom. The van der Waals surface area contributed by atoms with Crippen LogP contribution in [-0.4, -0.2) is 48.9 Å². The molecule has 3 heterocycles. The third-order valence-corrected chi connectivity index (χ3v) is 4.19.